The summed E-state index contributed by atoms with van der Waals surface area (Å²) < 4.78 is 6.49. The van der Waals surface area contributed by atoms with Crippen LogP contribution in [0.15, 0.2) is 34.8 Å². The van der Waals surface area contributed by atoms with Gasteiger partial charge in [0.25, 0.3) is 0 Å². The summed E-state index contributed by atoms with van der Waals surface area (Å²) in [6, 6.07) is 9.42. The fourth-order valence-electron chi connectivity index (χ4n) is 2.25. The number of benzene rings is 2. The molecule has 0 aromatic heterocycles. The van der Waals surface area contributed by atoms with Crippen LogP contribution in [0, 0.1) is 13.8 Å². The van der Waals surface area contributed by atoms with Crippen molar-refractivity contribution in [2.24, 2.45) is 5.73 Å². The van der Waals surface area contributed by atoms with Gasteiger partial charge >= 0.3 is 0 Å². The minimum absolute atomic E-state index is 0.325. The maximum atomic E-state index is 6.40. The number of hydrogen-bond donors (Lipinski definition) is 1. The lowest BCUT2D eigenvalue weighted by Gasteiger charge is -2.20. The summed E-state index contributed by atoms with van der Waals surface area (Å²) in [7, 11) is 1.67. The second-order valence-corrected chi connectivity index (χ2v) is 6.10. The number of ether oxygens (including phenoxy) is 1. The average Bonchev–Trinajstić information content (AvgIpc) is 2.43. The third kappa shape index (κ3) is 2.85. The second-order valence-electron chi connectivity index (χ2n) is 4.77. The summed E-state index contributed by atoms with van der Waals surface area (Å²) in [4.78, 5) is 0. The Bertz CT molecular complexity index is 643. The molecule has 4 heteroatoms. The summed E-state index contributed by atoms with van der Waals surface area (Å²) in [5, 5.41) is 0.654. The zero-order valence-corrected chi connectivity index (χ0v) is 14.0. The van der Waals surface area contributed by atoms with E-state index in [-0.39, 0.29) is 6.04 Å². The fraction of sp³-hybridized carbons (Fsp3) is 0.250. The van der Waals surface area contributed by atoms with Crippen molar-refractivity contribution in [2.45, 2.75) is 19.9 Å². The molecule has 106 valence electrons. The van der Waals surface area contributed by atoms with Gasteiger partial charge < -0.3 is 10.5 Å². The summed E-state index contributed by atoms with van der Waals surface area (Å²) in [6.45, 7) is 4.09. The van der Waals surface area contributed by atoms with Gasteiger partial charge in [-0.15, -0.1) is 0 Å². The molecule has 2 rings (SSSR count). The molecule has 20 heavy (non-hydrogen) atoms. The number of rotatable bonds is 3. The lowest BCUT2D eigenvalue weighted by Crippen LogP contribution is -2.14. The SMILES string of the molecule is COc1c(C(N)c2cc(Br)ccc2Cl)ccc(C)c1C. The summed E-state index contributed by atoms with van der Waals surface area (Å²) in [5.74, 6) is 0.827. The molecule has 0 amide bonds. The first-order chi connectivity index (χ1) is 9.45. The monoisotopic (exact) mass is 353 g/mol. The maximum absolute atomic E-state index is 6.40. The zero-order valence-electron chi connectivity index (χ0n) is 11.7. The van der Waals surface area contributed by atoms with Crippen LogP contribution in [0.1, 0.15) is 28.3 Å². The molecular formula is C16H17BrClNO. The highest BCUT2D eigenvalue weighted by Crippen LogP contribution is 2.36. The van der Waals surface area contributed by atoms with Gasteiger partial charge in [0, 0.05) is 15.1 Å². The Hall–Kier alpha value is -1.03. The van der Waals surface area contributed by atoms with Gasteiger partial charge in [-0.25, -0.2) is 0 Å². The van der Waals surface area contributed by atoms with E-state index in [1.54, 1.807) is 7.11 Å². The third-order valence-corrected chi connectivity index (χ3v) is 4.38. The molecule has 0 saturated carbocycles. The Kier molecular flexibility index (Phi) is 4.74. The van der Waals surface area contributed by atoms with Crippen molar-refractivity contribution in [1.29, 1.82) is 0 Å². The summed E-state index contributed by atoms with van der Waals surface area (Å²) in [5.41, 5.74) is 10.5. The second kappa shape index (κ2) is 6.17. The van der Waals surface area contributed by atoms with Crippen LogP contribution < -0.4 is 10.5 Å². The fourth-order valence-corrected chi connectivity index (χ4v) is 2.86. The molecule has 0 radical (unpaired) electrons. The van der Waals surface area contributed by atoms with E-state index in [1.165, 1.54) is 5.56 Å². The first-order valence-electron chi connectivity index (χ1n) is 6.30. The minimum Gasteiger partial charge on any atom is -0.496 e. The van der Waals surface area contributed by atoms with E-state index in [4.69, 9.17) is 22.1 Å². The number of nitrogens with two attached hydrogens (primary N) is 1. The van der Waals surface area contributed by atoms with E-state index in [9.17, 15) is 0 Å². The van der Waals surface area contributed by atoms with Gasteiger partial charge in [-0.2, -0.15) is 0 Å². The molecule has 1 atom stereocenters. The van der Waals surface area contributed by atoms with Crippen molar-refractivity contribution in [3.8, 4) is 5.75 Å². The molecule has 0 bridgehead atoms. The highest BCUT2D eigenvalue weighted by atomic mass is 79.9. The Balaban J connectivity index is 2.56. The predicted octanol–water partition coefficient (Wildman–Crippen LogP) is 4.78. The Morgan fingerprint density at radius 3 is 2.50 bits per heavy atom. The predicted molar refractivity (Wildman–Crippen MR) is 87.7 cm³/mol. The molecule has 0 aliphatic rings. The van der Waals surface area contributed by atoms with E-state index < -0.39 is 0 Å². The largest absolute Gasteiger partial charge is 0.496 e. The lowest BCUT2D eigenvalue weighted by molar-refractivity contribution is 0.404. The van der Waals surface area contributed by atoms with Gasteiger partial charge in [-0.05, 0) is 48.7 Å². The number of halogens is 2. The smallest absolute Gasteiger partial charge is 0.127 e. The van der Waals surface area contributed by atoms with Crippen LogP contribution in [-0.4, -0.2) is 7.11 Å². The zero-order chi connectivity index (χ0) is 14.9. The molecule has 0 spiro atoms. The number of hydrogen-bond acceptors (Lipinski definition) is 2. The first-order valence-corrected chi connectivity index (χ1v) is 7.47. The minimum atomic E-state index is -0.325. The van der Waals surface area contributed by atoms with E-state index in [0.29, 0.717) is 5.02 Å². The quantitative estimate of drug-likeness (QED) is 0.861. The third-order valence-electron chi connectivity index (χ3n) is 3.54. The molecule has 2 nitrogen and oxygen atoms in total. The van der Waals surface area contributed by atoms with Gasteiger partial charge in [-0.1, -0.05) is 39.7 Å². The van der Waals surface area contributed by atoms with E-state index in [1.807, 2.05) is 31.2 Å². The molecule has 2 aromatic rings. The highest BCUT2D eigenvalue weighted by Gasteiger charge is 2.19. The summed E-state index contributed by atoms with van der Waals surface area (Å²) >= 11 is 9.72. The van der Waals surface area contributed by atoms with Crippen LogP contribution in [0.25, 0.3) is 0 Å². The lowest BCUT2D eigenvalue weighted by atomic mass is 9.95. The first kappa shape index (κ1) is 15.4. The van der Waals surface area contributed by atoms with Crippen molar-refractivity contribution in [3.05, 3.63) is 62.1 Å². The molecule has 2 N–H and O–H groups in total. The van der Waals surface area contributed by atoms with Gasteiger partial charge in [0.2, 0.25) is 0 Å². The van der Waals surface area contributed by atoms with Gasteiger partial charge in [0.05, 0.1) is 13.2 Å². The van der Waals surface area contributed by atoms with Crippen LogP contribution in [0.5, 0.6) is 5.75 Å². The molecule has 0 fully saturated rings. The maximum Gasteiger partial charge on any atom is 0.127 e. The standard InChI is InChI=1S/C16H17BrClNO/c1-9-4-6-12(16(20-3)10(9)2)15(19)13-8-11(17)5-7-14(13)18/h4-8,15H,19H2,1-3H3. The Morgan fingerprint density at radius 2 is 1.85 bits per heavy atom. The van der Waals surface area contributed by atoms with Crippen LogP contribution in [0.2, 0.25) is 5.02 Å². The molecule has 0 heterocycles. The molecule has 0 saturated heterocycles. The van der Waals surface area contributed by atoms with E-state index in [0.717, 1.165) is 26.9 Å². The van der Waals surface area contributed by atoms with Crippen LogP contribution in [0.4, 0.5) is 0 Å². The van der Waals surface area contributed by atoms with Gasteiger partial charge in [-0.3, -0.25) is 0 Å². The van der Waals surface area contributed by atoms with E-state index >= 15 is 0 Å². The Labute approximate surface area is 133 Å². The van der Waals surface area contributed by atoms with Crippen LogP contribution in [0.3, 0.4) is 0 Å². The van der Waals surface area contributed by atoms with Crippen molar-refractivity contribution in [3.63, 3.8) is 0 Å². The molecule has 0 aliphatic carbocycles. The van der Waals surface area contributed by atoms with E-state index in [2.05, 4.69) is 28.9 Å². The number of methoxy groups -OCH3 is 1. The Morgan fingerprint density at radius 1 is 1.15 bits per heavy atom. The highest BCUT2D eigenvalue weighted by molar-refractivity contribution is 9.10. The molecule has 0 aliphatic heterocycles. The molecule has 1 unspecified atom stereocenters. The molecule has 2 aromatic carbocycles. The normalized spacial score (nSPS) is 12.3. The van der Waals surface area contributed by atoms with Crippen LogP contribution in [-0.2, 0) is 0 Å². The molecular weight excluding hydrogens is 338 g/mol. The van der Waals surface area contributed by atoms with Crippen molar-refractivity contribution < 1.29 is 4.74 Å². The average molecular weight is 355 g/mol. The summed E-state index contributed by atoms with van der Waals surface area (Å²) in [6.07, 6.45) is 0. The van der Waals surface area contributed by atoms with Crippen molar-refractivity contribution in [2.75, 3.05) is 7.11 Å². The van der Waals surface area contributed by atoms with Crippen LogP contribution >= 0.6 is 27.5 Å². The van der Waals surface area contributed by atoms with Gasteiger partial charge in [0.1, 0.15) is 5.75 Å². The number of aryl methyl sites for hydroxylation is 1. The van der Waals surface area contributed by atoms with Crippen molar-refractivity contribution in [1.82, 2.24) is 0 Å². The topological polar surface area (TPSA) is 35.2 Å². The van der Waals surface area contributed by atoms with Gasteiger partial charge in [0.15, 0.2) is 0 Å². The van der Waals surface area contributed by atoms with Crippen molar-refractivity contribution >= 4 is 27.5 Å².